The van der Waals surface area contributed by atoms with Gasteiger partial charge in [-0.05, 0) is 103 Å². The van der Waals surface area contributed by atoms with Crippen LogP contribution in [0, 0.1) is 24.2 Å². The van der Waals surface area contributed by atoms with Gasteiger partial charge in [-0.2, -0.15) is 0 Å². The molecule has 1 heterocycles. The lowest BCUT2D eigenvalue weighted by atomic mass is 9.57. The van der Waals surface area contributed by atoms with Gasteiger partial charge in [-0.15, -0.1) is 0 Å². The summed E-state index contributed by atoms with van der Waals surface area (Å²) in [6.45, 7) is 10.3. The normalized spacial score (nSPS) is 41.5. The molecule has 3 N–H and O–H groups in total. The molecule has 3 heteroatoms. The summed E-state index contributed by atoms with van der Waals surface area (Å²) in [6, 6.07) is 4.92. The van der Waals surface area contributed by atoms with E-state index in [2.05, 4.69) is 51.2 Å². The molecule has 1 aromatic carbocycles. The zero-order chi connectivity index (χ0) is 21.2. The van der Waals surface area contributed by atoms with Crippen LogP contribution in [0.4, 0.5) is 0 Å². The van der Waals surface area contributed by atoms with Gasteiger partial charge in [0.1, 0.15) is 0 Å². The number of nitrogens with one attached hydrogen (secondary N) is 1. The molecule has 3 nitrogen and oxygen atoms in total. The van der Waals surface area contributed by atoms with Crippen LogP contribution in [0.1, 0.15) is 87.0 Å². The van der Waals surface area contributed by atoms with Gasteiger partial charge in [0.05, 0.1) is 12.2 Å². The number of hydrogen-bond acceptors (Lipinski definition) is 3. The molecule has 0 amide bonds. The van der Waals surface area contributed by atoms with E-state index in [1.807, 2.05) is 0 Å². The van der Waals surface area contributed by atoms with E-state index >= 15 is 0 Å². The van der Waals surface area contributed by atoms with Gasteiger partial charge in [-0.1, -0.05) is 44.6 Å². The molecule has 1 saturated carbocycles. The molecular formula is C27H39NO2. The number of aliphatic hydroxyl groups is 2. The number of allylic oxidation sites excluding steroid dienone is 1. The van der Waals surface area contributed by atoms with E-state index in [0.717, 1.165) is 38.6 Å². The Morgan fingerprint density at radius 3 is 2.77 bits per heavy atom. The Morgan fingerprint density at radius 2 is 2.00 bits per heavy atom. The van der Waals surface area contributed by atoms with E-state index in [-0.39, 0.29) is 23.7 Å². The third kappa shape index (κ3) is 3.12. The molecule has 0 radical (unpaired) electrons. The van der Waals surface area contributed by atoms with Crippen LogP contribution in [-0.2, 0) is 6.42 Å². The van der Waals surface area contributed by atoms with Crippen molar-refractivity contribution in [3.05, 3.63) is 46.0 Å². The summed E-state index contributed by atoms with van der Waals surface area (Å²) in [5, 5.41) is 24.6. The van der Waals surface area contributed by atoms with Gasteiger partial charge in [0, 0.05) is 6.04 Å². The van der Waals surface area contributed by atoms with Gasteiger partial charge in [0.2, 0.25) is 0 Å². The molecule has 1 aromatic rings. The van der Waals surface area contributed by atoms with Gasteiger partial charge >= 0.3 is 0 Å². The second kappa shape index (κ2) is 7.46. The number of rotatable bonds is 2. The molecule has 1 saturated heterocycles. The zero-order valence-electron chi connectivity index (χ0n) is 19.1. The Labute approximate surface area is 182 Å². The maximum Gasteiger partial charge on any atom is 0.0702 e. The highest BCUT2D eigenvalue weighted by Crippen LogP contribution is 2.60. The van der Waals surface area contributed by atoms with E-state index < -0.39 is 0 Å². The van der Waals surface area contributed by atoms with Crippen molar-refractivity contribution in [2.75, 3.05) is 6.54 Å². The molecule has 0 unspecified atom stereocenters. The molecule has 3 aliphatic carbocycles. The number of fused-ring (bicyclic) bond motifs is 5. The lowest BCUT2D eigenvalue weighted by molar-refractivity contribution is 0.0656. The van der Waals surface area contributed by atoms with Crippen molar-refractivity contribution >= 4 is 0 Å². The fraction of sp³-hybridized carbons (Fsp3) is 0.704. The fourth-order valence-electron chi connectivity index (χ4n) is 7.49. The quantitative estimate of drug-likeness (QED) is 0.626. The summed E-state index contributed by atoms with van der Waals surface area (Å²) < 4.78 is 0. The average molecular weight is 410 g/mol. The van der Waals surface area contributed by atoms with Crippen molar-refractivity contribution in [1.82, 2.24) is 5.32 Å². The standard InChI is InChI=1S/C27H39NO2/c1-15-11-25(30)26(28-14-15)17(3)20-7-8-21-22-6-5-18-12-19(29)9-10-27(18,4)24(22)13-23(21)16(20)2/h5,7-8,15,17,19,22,24-26,28-30H,6,9-14H2,1-4H3/t15-,17-,19+,22-,24-,25+,26-,27+/m1/s1. The van der Waals surface area contributed by atoms with E-state index in [1.165, 1.54) is 23.1 Å². The molecule has 1 aliphatic heterocycles. The highest BCUT2D eigenvalue weighted by atomic mass is 16.3. The van der Waals surface area contributed by atoms with Crippen LogP contribution in [0.25, 0.3) is 0 Å². The van der Waals surface area contributed by atoms with Crippen molar-refractivity contribution in [2.45, 2.75) is 96.3 Å². The summed E-state index contributed by atoms with van der Waals surface area (Å²) >= 11 is 0. The molecule has 5 rings (SSSR count). The van der Waals surface area contributed by atoms with Crippen LogP contribution in [0.5, 0.6) is 0 Å². The Kier molecular flexibility index (Phi) is 5.16. The molecule has 0 spiro atoms. The SMILES string of the molecule is Cc1c([C@@H](C)[C@H]2NC[C@H](C)C[C@@H]2O)ccc2c1C[C@@H]1[C@@H]2CC=C2C[C@@H](O)CC[C@@]21C. The van der Waals surface area contributed by atoms with Gasteiger partial charge in [-0.3, -0.25) is 0 Å². The van der Waals surface area contributed by atoms with Crippen LogP contribution in [0.2, 0.25) is 0 Å². The van der Waals surface area contributed by atoms with E-state index in [4.69, 9.17) is 0 Å². The molecule has 0 aromatic heterocycles. The van der Waals surface area contributed by atoms with Crippen LogP contribution in [0.3, 0.4) is 0 Å². The maximum absolute atomic E-state index is 10.7. The minimum atomic E-state index is -0.265. The maximum atomic E-state index is 10.7. The van der Waals surface area contributed by atoms with Crippen molar-refractivity contribution in [3.63, 3.8) is 0 Å². The summed E-state index contributed by atoms with van der Waals surface area (Å²) in [4.78, 5) is 0. The second-order valence-electron chi connectivity index (χ2n) is 11.2. The first-order valence-corrected chi connectivity index (χ1v) is 12.2. The molecular weight excluding hydrogens is 370 g/mol. The number of piperidine rings is 1. The Bertz CT molecular complexity index is 861. The predicted molar refractivity (Wildman–Crippen MR) is 122 cm³/mol. The van der Waals surface area contributed by atoms with Crippen LogP contribution >= 0.6 is 0 Å². The number of aliphatic hydroxyl groups excluding tert-OH is 2. The Morgan fingerprint density at radius 1 is 1.20 bits per heavy atom. The summed E-state index contributed by atoms with van der Waals surface area (Å²) in [6.07, 6.45) is 8.20. The summed E-state index contributed by atoms with van der Waals surface area (Å²) in [5.41, 5.74) is 7.79. The fourth-order valence-corrected chi connectivity index (χ4v) is 7.49. The summed E-state index contributed by atoms with van der Waals surface area (Å²) in [5.74, 6) is 2.16. The minimum absolute atomic E-state index is 0.143. The first kappa shape index (κ1) is 20.7. The first-order chi connectivity index (χ1) is 14.3. The third-order valence-corrected chi connectivity index (χ3v) is 9.40. The largest absolute Gasteiger partial charge is 0.393 e. The van der Waals surface area contributed by atoms with E-state index in [1.54, 1.807) is 11.1 Å². The third-order valence-electron chi connectivity index (χ3n) is 9.40. The molecule has 2 fully saturated rings. The van der Waals surface area contributed by atoms with Crippen LogP contribution < -0.4 is 5.32 Å². The second-order valence-corrected chi connectivity index (χ2v) is 11.2. The van der Waals surface area contributed by atoms with Crippen molar-refractivity contribution in [2.24, 2.45) is 17.3 Å². The number of benzene rings is 1. The van der Waals surface area contributed by atoms with Crippen LogP contribution in [-0.4, -0.2) is 35.0 Å². The van der Waals surface area contributed by atoms with Gasteiger partial charge < -0.3 is 15.5 Å². The lowest BCUT2D eigenvalue weighted by Crippen LogP contribution is -2.50. The predicted octanol–water partition coefficient (Wildman–Crippen LogP) is 4.59. The van der Waals surface area contributed by atoms with Gasteiger partial charge in [-0.25, -0.2) is 0 Å². The zero-order valence-corrected chi connectivity index (χ0v) is 19.1. The number of hydrogen-bond donors (Lipinski definition) is 3. The van der Waals surface area contributed by atoms with Crippen molar-refractivity contribution in [3.8, 4) is 0 Å². The highest BCUT2D eigenvalue weighted by Gasteiger charge is 2.50. The van der Waals surface area contributed by atoms with Crippen molar-refractivity contribution in [1.29, 1.82) is 0 Å². The first-order valence-electron chi connectivity index (χ1n) is 12.2. The molecule has 8 atom stereocenters. The summed E-state index contributed by atoms with van der Waals surface area (Å²) in [7, 11) is 0. The van der Waals surface area contributed by atoms with Gasteiger partial charge in [0.25, 0.3) is 0 Å². The Balaban J connectivity index is 1.44. The van der Waals surface area contributed by atoms with Crippen molar-refractivity contribution < 1.29 is 10.2 Å². The Hall–Kier alpha value is -1.16. The molecule has 4 aliphatic rings. The smallest absolute Gasteiger partial charge is 0.0702 e. The molecule has 0 bridgehead atoms. The highest BCUT2D eigenvalue weighted by molar-refractivity contribution is 5.49. The van der Waals surface area contributed by atoms with Crippen LogP contribution in [0.15, 0.2) is 23.8 Å². The monoisotopic (exact) mass is 409 g/mol. The average Bonchev–Trinajstić information content (AvgIpc) is 3.09. The topological polar surface area (TPSA) is 52.5 Å². The lowest BCUT2D eigenvalue weighted by Gasteiger charge is -2.48. The molecule has 30 heavy (non-hydrogen) atoms. The van der Waals surface area contributed by atoms with E-state index in [0.29, 0.717) is 23.7 Å². The van der Waals surface area contributed by atoms with E-state index in [9.17, 15) is 10.2 Å². The minimum Gasteiger partial charge on any atom is -0.393 e. The molecule has 164 valence electrons. The van der Waals surface area contributed by atoms with Gasteiger partial charge in [0.15, 0.2) is 0 Å².